The van der Waals surface area contributed by atoms with Crippen LogP contribution in [0.3, 0.4) is 0 Å². The Morgan fingerprint density at radius 2 is 1.75 bits per heavy atom. The molecule has 0 spiro atoms. The summed E-state index contributed by atoms with van der Waals surface area (Å²) in [7, 11) is 1.62. The highest BCUT2D eigenvalue weighted by atomic mass is 16.5. The Morgan fingerprint density at radius 1 is 1.08 bits per heavy atom. The first kappa shape index (κ1) is 17.9. The van der Waals surface area contributed by atoms with E-state index < -0.39 is 6.10 Å². The molecule has 0 unspecified atom stereocenters. The summed E-state index contributed by atoms with van der Waals surface area (Å²) < 4.78 is 11.0. The maximum absolute atomic E-state index is 12.6. The van der Waals surface area contributed by atoms with Gasteiger partial charge in [-0.2, -0.15) is 0 Å². The average molecular weight is 327 g/mol. The van der Waals surface area contributed by atoms with E-state index >= 15 is 0 Å². The molecular weight excluding hydrogens is 302 g/mol. The van der Waals surface area contributed by atoms with Crippen LogP contribution >= 0.6 is 0 Å². The van der Waals surface area contributed by atoms with Crippen molar-refractivity contribution < 1.29 is 14.3 Å². The summed E-state index contributed by atoms with van der Waals surface area (Å²) in [6.07, 6.45) is 0.918. The minimum absolute atomic E-state index is 0.127. The molecule has 0 heterocycles. The van der Waals surface area contributed by atoms with E-state index in [4.69, 9.17) is 9.47 Å². The first-order valence-electron chi connectivity index (χ1n) is 8.29. The van der Waals surface area contributed by atoms with Crippen molar-refractivity contribution in [2.75, 3.05) is 12.4 Å². The molecule has 4 nitrogen and oxygen atoms in total. The number of carbonyl (C=O) groups is 1. The van der Waals surface area contributed by atoms with Gasteiger partial charge < -0.3 is 14.8 Å². The third kappa shape index (κ3) is 4.28. The SMILES string of the molecule is CCc1cccc(C)c1NC(=O)[C@@H](CC)Oc1ccc(OC)cc1. The Morgan fingerprint density at radius 3 is 2.33 bits per heavy atom. The molecule has 0 radical (unpaired) electrons. The molecule has 0 bridgehead atoms. The van der Waals surface area contributed by atoms with E-state index in [1.807, 2.05) is 44.2 Å². The lowest BCUT2D eigenvalue weighted by Crippen LogP contribution is -2.33. The normalized spacial score (nSPS) is 11.7. The van der Waals surface area contributed by atoms with Crippen LogP contribution in [-0.2, 0) is 11.2 Å². The van der Waals surface area contributed by atoms with Crippen LogP contribution in [0.4, 0.5) is 5.69 Å². The molecule has 1 N–H and O–H groups in total. The van der Waals surface area contributed by atoms with Gasteiger partial charge in [-0.3, -0.25) is 4.79 Å². The number of aryl methyl sites for hydroxylation is 2. The van der Waals surface area contributed by atoms with Crippen molar-refractivity contribution in [2.24, 2.45) is 0 Å². The molecule has 0 saturated heterocycles. The molecule has 2 aromatic rings. The molecule has 0 fully saturated rings. The molecule has 0 aliphatic heterocycles. The number of rotatable bonds is 7. The van der Waals surface area contributed by atoms with Crippen molar-refractivity contribution in [1.82, 2.24) is 0 Å². The zero-order valence-corrected chi connectivity index (χ0v) is 14.8. The maximum atomic E-state index is 12.6. The number of ether oxygens (including phenoxy) is 2. The molecule has 1 atom stereocenters. The van der Waals surface area contributed by atoms with Crippen LogP contribution < -0.4 is 14.8 Å². The summed E-state index contributed by atoms with van der Waals surface area (Å²) in [5, 5.41) is 3.03. The highest BCUT2D eigenvalue weighted by Gasteiger charge is 2.20. The van der Waals surface area contributed by atoms with E-state index in [1.165, 1.54) is 0 Å². The quantitative estimate of drug-likeness (QED) is 0.822. The minimum atomic E-state index is -0.539. The molecule has 2 aromatic carbocycles. The Balaban J connectivity index is 2.11. The standard InChI is InChI=1S/C20H25NO3/c1-5-15-9-7-8-14(3)19(15)21-20(22)18(6-2)24-17-12-10-16(23-4)11-13-17/h7-13,18H,5-6H2,1-4H3,(H,21,22)/t18-/m1/s1. The predicted molar refractivity (Wildman–Crippen MR) is 96.9 cm³/mol. The van der Waals surface area contributed by atoms with Gasteiger partial charge in [-0.25, -0.2) is 0 Å². The lowest BCUT2D eigenvalue weighted by Gasteiger charge is -2.19. The Bertz CT molecular complexity index is 680. The Kier molecular flexibility index (Phi) is 6.24. The van der Waals surface area contributed by atoms with Crippen molar-refractivity contribution >= 4 is 11.6 Å². The van der Waals surface area contributed by atoms with Crippen LogP contribution in [0.25, 0.3) is 0 Å². The topological polar surface area (TPSA) is 47.6 Å². The van der Waals surface area contributed by atoms with Gasteiger partial charge in [-0.1, -0.05) is 32.0 Å². The Labute approximate surface area is 143 Å². The number of methoxy groups -OCH3 is 1. The minimum Gasteiger partial charge on any atom is -0.497 e. The fourth-order valence-electron chi connectivity index (χ4n) is 2.55. The fraction of sp³-hybridized carbons (Fsp3) is 0.350. The van der Waals surface area contributed by atoms with Crippen molar-refractivity contribution in [2.45, 2.75) is 39.7 Å². The summed E-state index contributed by atoms with van der Waals surface area (Å²) in [4.78, 5) is 12.6. The van der Waals surface area contributed by atoms with E-state index in [1.54, 1.807) is 19.2 Å². The highest BCUT2D eigenvalue weighted by molar-refractivity contribution is 5.95. The molecule has 1 amide bonds. The summed E-state index contributed by atoms with van der Waals surface area (Å²) in [6, 6.07) is 13.3. The lowest BCUT2D eigenvalue weighted by molar-refractivity contribution is -0.122. The van der Waals surface area contributed by atoms with E-state index in [9.17, 15) is 4.79 Å². The van der Waals surface area contributed by atoms with E-state index in [2.05, 4.69) is 12.2 Å². The van der Waals surface area contributed by atoms with Gasteiger partial charge in [0.2, 0.25) is 0 Å². The first-order chi connectivity index (χ1) is 11.6. The smallest absolute Gasteiger partial charge is 0.265 e. The van der Waals surface area contributed by atoms with E-state index in [0.29, 0.717) is 12.2 Å². The van der Waals surface area contributed by atoms with Crippen LogP contribution in [0.2, 0.25) is 0 Å². The third-order valence-electron chi connectivity index (χ3n) is 3.99. The molecular formula is C20H25NO3. The van der Waals surface area contributed by atoms with Gasteiger partial charge in [0, 0.05) is 5.69 Å². The van der Waals surface area contributed by atoms with Crippen LogP contribution in [0, 0.1) is 6.92 Å². The number of para-hydroxylation sites is 1. The third-order valence-corrected chi connectivity index (χ3v) is 3.99. The second-order valence-electron chi connectivity index (χ2n) is 5.64. The van der Waals surface area contributed by atoms with Gasteiger partial charge in [0.1, 0.15) is 11.5 Å². The molecule has 0 aliphatic rings. The average Bonchev–Trinajstić information content (AvgIpc) is 2.61. The summed E-state index contributed by atoms with van der Waals surface area (Å²) in [5.74, 6) is 1.28. The number of anilines is 1. The van der Waals surface area contributed by atoms with Crippen LogP contribution in [0.1, 0.15) is 31.4 Å². The maximum Gasteiger partial charge on any atom is 0.265 e. The zero-order chi connectivity index (χ0) is 17.5. The van der Waals surface area contributed by atoms with Crippen LogP contribution in [-0.4, -0.2) is 19.1 Å². The number of amides is 1. The number of hydrogen-bond acceptors (Lipinski definition) is 3. The number of hydrogen-bond donors (Lipinski definition) is 1. The first-order valence-corrected chi connectivity index (χ1v) is 8.29. The second-order valence-corrected chi connectivity index (χ2v) is 5.64. The van der Waals surface area contributed by atoms with Gasteiger partial charge >= 0.3 is 0 Å². The summed E-state index contributed by atoms with van der Waals surface area (Å²) in [5.41, 5.74) is 3.08. The van der Waals surface area contributed by atoms with E-state index in [-0.39, 0.29) is 5.91 Å². The number of carbonyl (C=O) groups excluding carboxylic acids is 1. The highest BCUT2D eigenvalue weighted by Crippen LogP contribution is 2.23. The van der Waals surface area contributed by atoms with Gasteiger partial charge in [-0.15, -0.1) is 0 Å². The van der Waals surface area contributed by atoms with Crippen molar-refractivity contribution in [3.8, 4) is 11.5 Å². The molecule has 128 valence electrons. The predicted octanol–water partition coefficient (Wildman–Crippen LogP) is 4.36. The van der Waals surface area contributed by atoms with Crippen molar-refractivity contribution in [3.63, 3.8) is 0 Å². The van der Waals surface area contributed by atoms with Gasteiger partial charge in [0.05, 0.1) is 7.11 Å². The number of benzene rings is 2. The van der Waals surface area contributed by atoms with Crippen molar-refractivity contribution in [3.05, 3.63) is 53.6 Å². The lowest BCUT2D eigenvalue weighted by atomic mass is 10.1. The van der Waals surface area contributed by atoms with Gasteiger partial charge in [0.15, 0.2) is 6.10 Å². The Hall–Kier alpha value is -2.49. The monoisotopic (exact) mass is 327 g/mol. The largest absolute Gasteiger partial charge is 0.497 e. The van der Waals surface area contributed by atoms with Crippen LogP contribution in [0.5, 0.6) is 11.5 Å². The van der Waals surface area contributed by atoms with E-state index in [0.717, 1.165) is 29.0 Å². The molecule has 24 heavy (non-hydrogen) atoms. The molecule has 0 saturated carbocycles. The van der Waals surface area contributed by atoms with Gasteiger partial charge in [-0.05, 0) is 55.2 Å². The van der Waals surface area contributed by atoms with Crippen LogP contribution in [0.15, 0.2) is 42.5 Å². The second kappa shape index (κ2) is 8.39. The van der Waals surface area contributed by atoms with Gasteiger partial charge in [0.25, 0.3) is 5.91 Å². The molecule has 0 aromatic heterocycles. The fourth-order valence-corrected chi connectivity index (χ4v) is 2.55. The molecule has 2 rings (SSSR count). The summed E-state index contributed by atoms with van der Waals surface area (Å²) >= 11 is 0. The zero-order valence-electron chi connectivity index (χ0n) is 14.8. The summed E-state index contributed by atoms with van der Waals surface area (Å²) in [6.45, 7) is 6.02. The number of nitrogens with one attached hydrogen (secondary N) is 1. The molecule has 4 heteroatoms. The molecule has 0 aliphatic carbocycles. The van der Waals surface area contributed by atoms with Crippen molar-refractivity contribution in [1.29, 1.82) is 0 Å².